The molecule has 1 heterocycles. The van der Waals surface area contributed by atoms with Crippen LogP contribution in [0.4, 0.5) is 0 Å². The Labute approximate surface area is 156 Å². The predicted molar refractivity (Wildman–Crippen MR) is 99.2 cm³/mol. The number of hydrogen-bond acceptors (Lipinski definition) is 5. The molecule has 5 rings (SSSR count). The third-order valence-electron chi connectivity index (χ3n) is 5.72. The highest BCUT2D eigenvalue weighted by Gasteiger charge is 2.38. The smallest absolute Gasteiger partial charge is 0.266 e. The molecule has 0 spiro atoms. The molecule has 3 aliphatic rings. The van der Waals surface area contributed by atoms with Crippen molar-refractivity contribution in [2.45, 2.75) is 19.3 Å². The Morgan fingerprint density at radius 2 is 1.70 bits per heavy atom. The van der Waals surface area contributed by atoms with Gasteiger partial charge in [-0.05, 0) is 59.8 Å². The highest BCUT2D eigenvalue weighted by atomic mass is 32.2. The van der Waals surface area contributed by atoms with Crippen LogP contribution in [0.2, 0.25) is 0 Å². The molecular formula is C20H17NO5S. The standard InChI is InChI=1S/C20H17NO5S/c1-27(24,25)26-21-19(22)15-4-2-3-14-13(7-8-16(18(14)15)20(21)23)17-10-11-5-6-12(17)9-11/h2-4,7-8,10-12H,5-6,9H2,1H3. The van der Waals surface area contributed by atoms with Crippen molar-refractivity contribution in [1.29, 1.82) is 0 Å². The third-order valence-corrected chi connectivity index (χ3v) is 6.14. The van der Waals surface area contributed by atoms with E-state index in [2.05, 4.69) is 10.4 Å². The largest absolute Gasteiger partial charge is 0.286 e. The maximum Gasteiger partial charge on any atom is 0.286 e. The minimum Gasteiger partial charge on any atom is -0.266 e. The van der Waals surface area contributed by atoms with Gasteiger partial charge >= 0.3 is 0 Å². The van der Waals surface area contributed by atoms with Gasteiger partial charge in [0.2, 0.25) is 0 Å². The Kier molecular flexibility index (Phi) is 3.39. The lowest BCUT2D eigenvalue weighted by Gasteiger charge is -2.26. The molecule has 2 aliphatic carbocycles. The Bertz CT molecular complexity index is 1140. The van der Waals surface area contributed by atoms with E-state index >= 15 is 0 Å². The number of rotatable bonds is 3. The molecule has 0 saturated heterocycles. The van der Waals surface area contributed by atoms with Crippen LogP contribution in [0.1, 0.15) is 45.5 Å². The summed E-state index contributed by atoms with van der Waals surface area (Å²) in [7, 11) is -4.01. The average Bonchev–Trinajstić information content (AvgIpc) is 3.25. The zero-order chi connectivity index (χ0) is 18.9. The number of nitrogens with zero attached hydrogens (tertiary/aromatic N) is 1. The molecule has 0 aromatic heterocycles. The fourth-order valence-electron chi connectivity index (χ4n) is 4.68. The second-order valence-corrected chi connectivity index (χ2v) is 9.02. The van der Waals surface area contributed by atoms with Crippen molar-refractivity contribution in [2.24, 2.45) is 11.8 Å². The Morgan fingerprint density at radius 1 is 1.00 bits per heavy atom. The van der Waals surface area contributed by atoms with E-state index in [1.54, 1.807) is 18.2 Å². The van der Waals surface area contributed by atoms with E-state index in [1.807, 2.05) is 12.1 Å². The zero-order valence-electron chi connectivity index (χ0n) is 14.6. The summed E-state index contributed by atoms with van der Waals surface area (Å²) in [5, 5.41) is 1.76. The molecule has 1 aliphatic heterocycles. The third kappa shape index (κ3) is 2.45. The molecule has 2 amide bonds. The van der Waals surface area contributed by atoms with Crippen molar-refractivity contribution in [2.75, 3.05) is 6.26 Å². The topological polar surface area (TPSA) is 80.8 Å². The molecule has 1 saturated carbocycles. The number of carbonyl (C=O) groups excluding carboxylic acids is 2. The highest BCUT2D eigenvalue weighted by molar-refractivity contribution is 7.85. The summed E-state index contributed by atoms with van der Waals surface area (Å²) in [4.78, 5) is 25.5. The van der Waals surface area contributed by atoms with Gasteiger partial charge in [0.25, 0.3) is 21.9 Å². The summed E-state index contributed by atoms with van der Waals surface area (Å²) >= 11 is 0. The van der Waals surface area contributed by atoms with Gasteiger partial charge in [-0.2, -0.15) is 8.42 Å². The van der Waals surface area contributed by atoms with Gasteiger partial charge < -0.3 is 0 Å². The minimum absolute atomic E-state index is 0.274. The predicted octanol–water partition coefficient (Wildman–Crippen LogP) is 3.14. The number of benzene rings is 2. The number of imide groups is 1. The second-order valence-electron chi connectivity index (χ2n) is 7.46. The lowest BCUT2D eigenvalue weighted by molar-refractivity contribution is -0.0149. The Balaban J connectivity index is 1.71. The van der Waals surface area contributed by atoms with E-state index in [-0.39, 0.29) is 11.1 Å². The van der Waals surface area contributed by atoms with Gasteiger partial charge in [0, 0.05) is 5.39 Å². The monoisotopic (exact) mass is 383 g/mol. The zero-order valence-corrected chi connectivity index (χ0v) is 15.5. The first kappa shape index (κ1) is 16.6. The molecule has 7 heteroatoms. The van der Waals surface area contributed by atoms with Gasteiger partial charge in [0.1, 0.15) is 0 Å². The molecule has 2 unspecified atom stereocenters. The van der Waals surface area contributed by atoms with Crippen molar-refractivity contribution in [1.82, 2.24) is 5.06 Å². The van der Waals surface area contributed by atoms with Crippen LogP contribution in [0.25, 0.3) is 16.3 Å². The Morgan fingerprint density at radius 3 is 2.33 bits per heavy atom. The average molecular weight is 383 g/mol. The van der Waals surface area contributed by atoms with Crippen LogP contribution < -0.4 is 0 Å². The fraction of sp³-hybridized carbons (Fsp3) is 0.300. The van der Waals surface area contributed by atoms with Crippen LogP contribution in [0.15, 0.2) is 36.4 Å². The normalized spacial score (nSPS) is 24.0. The van der Waals surface area contributed by atoms with Crippen LogP contribution in [0, 0.1) is 11.8 Å². The number of hydroxylamine groups is 2. The molecule has 27 heavy (non-hydrogen) atoms. The number of hydrogen-bond donors (Lipinski definition) is 0. The van der Waals surface area contributed by atoms with Crippen molar-refractivity contribution in [3.8, 4) is 0 Å². The lowest BCUT2D eigenvalue weighted by Crippen LogP contribution is -2.41. The minimum atomic E-state index is -4.01. The Hall–Kier alpha value is -2.51. The molecule has 0 N–H and O–H groups in total. The van der Waals surface area contributed by atoms with Crippen LogP contribution in [-0.2, 0) is 14.4 Å². The van der Waals surface area contributed by atoms with E-state index in [9.17, 15) is 18.0 Å². The van der Waals surface area contributed by atoms with Crippen LogP contribution in [0.5, 0.6) is 0 Å². The first-order chi connectivity index (χ1) is 12.8. The summed E-state index contributed by atoms with van der Waals surface area (Å²) in [6, 6.07) is 8.84. The second kappa shape index (κ2) is 5.50. The molecule has 2 atom stereocenters. The molecule has 0 radical (unpaired) electrons. The van der Waals surface area contributed by atoms with E-state index in [0.717, 1.165) is 17.2 Å². The van der Waals surface area contributed by atoms with Crippen LogP contribution >= 0.6 is 0 Å². The van der Waals surface area contributed by atoms with Gasteiger partial charge in [-0.3, -0.25) is 9.59 Å². The van der Waals surface area contributed by atoms with Crippen LogP contribution in [0.3, 0.4) is 0 Å². The van der Waals surface area contributed by atoms with Crippen molar-refractivity contribution >= 4 is 38.3 Å². The van der Waals surface area contributed by atoms with E-state index < -0.39 is 21.9 Å². The quantitative estimate of drug-likeness (QED) is 0.761. The molecule has 138 valence electrons. The van der Waals surface area contributed by atoms with Gasteiger partial charge in [-0.25, -0.2) is 0 Å². The van der Waals surface area contributed by atoms with E-state index in [0.29, 0.717) is 22.3 Å². The van der Waals surface area contributed by atoms with Gasteiger partial charge in [0.05, 0.1) is 17.4 Å². The lowest BCUT2D eigenvalue weighted by atomic mass is 9.85. The number of amides is 2. The first-order valence-corrected chi connectivity index (χ1v) is 10.7. The highest BCUT2D eigenvalue weighted by Crippen LogP contribution is 2.49. The van der Waals surface area contributed by atoms with Crippen LogP contribution in [-0.4, -0.2) is 31.6 Å². The van der Waals surface area contributed by atoms with E-state index in [4.69, 9.17) is 0 Å². The molecule has 6 nitrogen and oxygen atoms in total. The number of allylic oxidation sites excluding steroid dienone is 2. The van der Waals surface area contributed by atoms with Crippen molar-refractivity contribution in [3.05, 3.63) is 53.1 Å². The first-order valence-electron chi connectivity index (χ1n) is 8.89. The summed E-state index contributed by atoms with van der Waals surface area (Å²) < 4.78 is 27.6. The number of fused-ring (bicyclic) bond motifs is 2. The SMILES string of the molecule is CS(=O)(=O)ON1C(=O)c2cccc3c(C4=CC5CCC4C5)ccc(c23)C1=O. The maximum absolute atomic E-state index is 12.8. The van der Waals surface area contributed by atoms with Gasteiger partial charge in [-0.1, -0.05) is 24.3 Å². The molecular weight excluding hydrogens is 366 g/mol. The summed E-state index contributed by atoms with van der Waals surface area (Å²) in [5.74, 6) is -0.366. The van der Waals surface area contributed by atoms with Gasteiger partial charge in [0.15, 0.2) is 0 Å². The molecule has 2 aromatic rings. The van der Waals surface area contributed by atoms with Crippen molar-refractivity contribution < 1.29 is 22.3 Å². The van der Waals surface area contributed by atoms with Gasteiger partial charge in [-0.15, -0.1) is 9.35 Å². The summed E-state index contributed by atoms with van der Waals surface area (Å²) in [5.41, 5.74) is 2.90. The summed E-state index contributed by atoms with van der Waals surface area (Å²) in [6.45, 7) is 0. The fourth-order valence-corrected chi connectivity index (χ4v) is 5.09. The molecule has 1 fully saturated rings. The summed E-state index contributed by atoms with van der Waals surface area (Å²) in [6.07, 6.45) is 6.70. The maximum atomic E-state index is 12.8. The number of carbonyl (C=O) groups is 2. The molecule has 2 aromatic carbocycles. The van der Waals surface area contributed by atoms with Crippen molar-refractivity contribution in [3.63, 3.8) is 0 Å². The molecule has 2 bridgehead atoms. The van der Waals surface area contributed by atoms with E-state index in [1.165, 1.54) is 24.8 Å².